The van der Waals surface area contributed by atoms with Gasteiger partial charge in [-0.1, -0.05) is 17.7 Å². The molecule has 3 rings (SSSR count). The van der Waals surface area contributed by atoms with Crippen LogP contribution < -0.4 is 10.6 Å². The summed E-state index contributed by atoms with van der Waals surface area (Å²) in [5, 5.41) is 5.50. The van der Waals surface area contributed by atoms with Crippen LogP contribution in [0.2, 0.25) is 5.02 Å². The molecule has 2 saturated heterocycles. The van der Waals surface area contributed by atoms with E-state index in [4.69, 9.17) is 11.6 Å². The van der Waals surface area contributed by atoms with Crippen molar-refractivity contribution in [2.45, 2.75) is 38.0 Å². The van der Waals surface area contributed by atoms with E-state index < -0.39 is 36.7 Å². The summed E-state index contributed by atoms with van der Waals surface area (Å²) in [5.74, 6) is -1.02. The lowest BCUT2D eigenvalue weighted by molar-refractivity contribution is -0.148. The molecule has 2 fully saturated rings. The third-order valence-electron chi connectivity index (χ3n) is 5.85. The van der Waals surface area contributed by atoms with Crippen LogP contribution in [0, 0.1) is 11.7 Å². The highest BCUT2D eigenvalue weighted by Crippen LogP contribution is 2.34. The number of piperazine rings is 1. The number of amides is 3. The molecule has 2 atom stereocenters. The number of benzene rings is 1. The highest BCUT2D eigenvalue weighted by Gasteiger charge is 2.36. The number of carbonyl (C=O) groups excluding carboxylic acids is 2. The van der Waals surface area contributed by atoms with E-state index in [1.807, 2.05) is 0 Å². The van der Waals surface area contributed by atoms with Gasteiger partial charge in [-0.15, -0.1) is 0 Å². The van der Waals surface area contributed by atoms with Crippen LogP contribution in [-0.4, -0.2) is 66.7 Å². The lowest BCUT2D eigenvalue weighted by atomic mass is 9.85. The molecule has 0 radical (unpaired) electrons. The van der Waals surface area contributed by atoms with E-state index in [0.717, 1.165) is 0 Å². The third-order valence-corrected chi connectivity index (χ3v) is 6.14. The molecule has 2 heterocycles. The number of piperidine rings is 1. The van der Waals surface area contributed by atoms with Crippen LogP contribution in [0.5, 0.6) is 0 Å². The lowest BCUT2D eigenvalue weighted by Crippen LogP contribution is -2.59. The first kappa shape index (κ1) is 23.6. The second-order valence-electron chi connectivity index (χ2n) is 7.99. The predicted molar refractivity (Wildman–Crippen MR) is 107 cm³/mol. The zero-order valence-corrected chi connectivity index (χ0v) is 17.8. The maximum Gasteiger partial charge on any atom is 0.401 e. The summed E-state index contributed by atoms with van der Waals surface area (Å²) in [5.41, 5.74) is 0.572. The fourth-order valence-corrected chi connectivity index (χ4v) is 4.34. The van der Waals surface area contributed by atoms with Crippen LogP contribution in [0.3, 0.4) is 0 Å². The summed E-state index contributed by atoms with van der Waals surface area (Å²) in [6.07, 6.45) is -3.42. The predicted octanol–water partition coefficient (Wildman–Crippen LogP) is 3.32. The zero-order chi connectivity index (χ0) is 22.8. The Kier molecular flexibility index (Phi) is 7.31. The van der Waals surface area contributed by atoms with Gasteiger partial charge in [-0.25, -0.2) is 9.18 Å². The van der Waals surface area contributed by atoms with Gasteiger partial charge < -0.3 is 15.5 Å². The van der Waals surface area contributed by atoms with Crippen molar-refractivity contribution in [2.24, 2.45) is 5.92 Å². The van der Waals surface area contributed by atoms with Gasteiger partial charge >= 0.3 is 12.2 Å². The van der Waals surface area contributed by atoms with E-state index in [0.29, 0.717) is 31.5 Å². The Hall–Kier alpha value is -2.07. The van der Waals surface area contributed by atoms with E-state index >= 15 is 0 Å². The van der Waals surface area contributed by atoms with Crippen molar-refractivity contribution in [3.05, 3.63) is 34.6 Å². The van der Waals surface area contributed by atoms with Gasteiger partial charge in [-0.2, -0.15) is 13.2 Å². The highest BCUT2D eigenvalue weighted by atomic mass is 35.5. The van der Waals surface area contributed by atoms with Crippen LogP contribution in [0.1, 0.15) is 31.4 Å². The Morgan fingerprint density at radius 3 is 2.58 bits per heavy atom. The summed E-state index contributed by atoms with van der Waals surface area (Å²) < 4.78 is 51.8. The number of likely N-dealkylation sites (tertiary alicyclic amines) is 1. The SMILES string of the molecule is CC1C(=O)NCCN1C(=O)NC(c1ccc(F)c(Cl)c1)C1CCN(CC(F)(F)F)CC1. The number of halogens is 5. The molecule has 0 saturated carbocycles. The molecule has 2 N–H and O–H groups in total. The van der Waals surface area contributed by atoms with Crippen molar-refractivity contribution < 1.29 is 27.2 Å². The van der Waals surface area contributed by atoms with E-state index in [9.17, 15) is 27.2 Å². The van der Waals surface area contributed by atoms with Crippen molar-refractivity contribution in [2.75, 3.05) is 32.7 Å². The number of hydrogen-bond donors (Lipinski definition) is 2. The first-order valence-corrected chi connectivity index (χ1v) is 10.5. The van der Waals surface area contributed by atoms with E-state index in [1.54, 1.807) is 6.92 Å². The molecule has 2 aliphatic rings. The Balaban J connectivity index is 1.77. The molecule has 2 aliphatic heterocycles. The second-order valence-corrected chi connectivity index (χ2v) is 8.40. The summed E-state index contributed by atoms with van der Waals surface area (Å²) in [6.45, 7) is 1.77. The summed E-state index contributed by atoms with van der Waals surface area (Å²) in [7, 11) is 0. The topological polar surface area (TPSA) is 64.7 Å². The average molecular weight is 465 g/mol. The molecule has 31 heavy (non-hydrogen) atoms. The van der Waals surface area contributed by atoms with Crippen LogP contribution in [0.25, 0.3) is 0 Å². The van der Waals surface area contributed by atoms with Crippen molar-refractivity contribution in [1.29, 1.82) is 0 Å². The summed E-state index contributed by atoms with van der Waals surface area (Å²) in [4.78, 5) is 27.6. The number of alkyl halides is 3. The van der Waals surface area contributed by atoms with E-state index in [1.165, 1.54) is 28.0 Å². The maximum absolute atomic E-state index is 13.7. The first-order valence-electron chi connectivity index (χ1n) is 10.1. The number of nitrogens with zero attached hydrogens (tertiary/aromatic N) is 2. The standard InChI is InChI=1S/C20H25ClF4N4O2/c1-12-18(30)26-6-9-29(12)19(31)27-17(14-2-3-16(22)15(21)10-14)13-4-7-28(8-5-13)11-20(23,24)25/h2-3,10,12-13,17H,4-9,11H2,1H3,(H,26,30)(H,27,31). The largest absolute Gasteiger partial charge is 0.401 e. The van der Waals surface area contributed by atoms with Crippen molar-refractivity contribution in [3.63, 3.8) is 0 Å². The van der Waals surface area contributed by atoms with Crippen molar-refractivity contribution >= 4 is 23.5 Å². The Morgan fingerprint density at radius 2 is 1.97 bits per heavy atom. The average Bonchev–Trinajstić information content (AvgIpc) is 2.70. The summed E-state index contributed by atoms with van der Waals surface area (Å²) in [6, 6.07) is 2.46. The minimum Gasteiger partial charge on any atom is -0.353 e. The molecule has 1 aromatic carbocycles. The van der Waals surface area contributed by atoms with Gasteiger partial charge in [0.15, 0.2) is 0 Å². The number of carbonyl (C=O) groups is 2. The number of nitrogens with one attached hydrogen (secondary N) is 2. The quantitative estimate of drug-likeness (QED) is 0.672. The lowest BCUT2D eigenvalue weighted by Gasteiger charge is -2.39. The van der Waals surface area contributed by atoms with E-state index in [2.05, 4.69) is 10.6 Å². The van der Waals surface area contributed by atoms with Crippen molar-refractivity contribution in [1.82, 2.24) is 20.4 Å². The molecule has 0 aliphatic carbocycles. The number of urea groups is 1. The summed E-state index contributed by atoms with van der Waals surface area (Å²) >= 11 is 5.94. The molecule has 11 heteroatoms. The van der Waals surface area contributed by atoms with Crippen LogP contribution in [-0.2, 0) is 4.79 Å². The normalized spacial score (nSPS) is 22.2. The van der Waals surface area contributed by atoms with Gasteiger partial charge in [0, 0.05) is 13.1 Å². The highest BCUT2D eigenvalue weighted by molar-refractivity contribution is 6.30. The second kappa shape index (κ2) is 9.60. The molecular weight excluding hydrogens is 440 g/mol. The maximum atomic E-state index is 13.7. The Labute approximate surface area is 182 Å². The van der Waals surface area contributed by atoms with Gasteiger partial charge in [0.2, 0.25) is 5.91 Å². The van der Waals surface area contributed by atoms with Gasteiger partial charge in [-0.05, 0) is 56.5 Å². The minimum atomic E-state index is -4.27. The molecule has 0 aromatic heterocycles. The Bertz CT molecular complexity index is 815. The molecule has 0 spiro atoms. The smallest absolute Gasteiger partial charge is 0.353 e. The molecular formula is C20H25ClF4N4O2. The molecule has 3 amide bonds. The van der Waals surface area contributed by atoms with Crippen molar-refractivity contribution in [3.8, 4) is 0 Å². The third kappa shape index (κ3) is 6.00. The number of hydrogen-bond acceptors (Lipinski definition) is 3. The fourth-order valence-electron chi connectivity index (χ4n) is 4.15. The first-order chi connectivity index (χ1) is 14.5. The zero-order valence-electron chi connectivity index (χ0n) is 17.0. The number of rotatable bonds is 4. The fraction of sp³-hybridized carbons (Fsp3) is 0.600. The molecule has 0 bridgehead atoms. The molecule has 172 valence electrons. The monoisotopic (exact) mass is 464 g/mol. The molecule has 1 aromatic rings. The van der Waals surface area contributed by atoms with Gasteiger partial charge in [0.25, 0.3) is 0 Å². The van der Waals surface area contributed by atoms with Gasteiger partial charge in [0.05, 0.1) is 17.6 Å². The van der Waals surface area contributed by atoms with Crippen LogP contribution in [0.15, 0.2) is 18.2 Å². The van der Waals surface area contributed by atoms with E-state index in [-0.39, 0.29) is 29.9 Å². The van der Waals surface area contributed by atoms with Crippen LogP contribution >= 0.6 is 11.6 Å². The molecule has 6 nitrogen and oxygen atoms in total. The van der Waals surface area contributed by atoms with Crippen LogP contribution in [0.4, 0.5) is 22.4 Å². The van der Waals surface area contributed by atoms with Gasteiger partial charge in [-0.3, -0.25) is 9.69 Å². The Morgan fingerprint density at radius 1 is 1.29 bits per heavy atom. The minimum absolute atomic E-state index is 0.100. The van der Waals surface area contributed by atoms with Gasteiger partial charge in [0.1, 0.15) is 11.9 Å². The molecule has 2 unspecified atom stereocenters.